The van der Waals surface area contributed by atoms with Crippen molar-refractivity contribution in [3.8, 4) is 0 Å². The lowest BCUT2D eigenvalue weighted by atomic mass is 9.98. The van der Waals surface area contributed by atoms with Gasteiger partial charge in [0.15, 0.2) is 0 Å². The molecule has 20 heavy (non-hydrogen) atoms. The van der Waals surface area contributed by atoms with Gasteiger partial charge < -0.3 is 5.32 Å². The molecule has 0 bridgehead atoms. The van der Waals surface area contributed by atoms with Crippen LogP contribution in [0.3, 0.4) is 0 Å². The second kappa shape index (κ2) is 6.74. The second-order valence-electron chi connectivity index (χ2n) is 4.84. The summed E-state index contributed by atoms with van der Waals surface area (Å²) in [4.78, 5) is 0. The predicted octanol–water partition coefficient (Wildman–Crippen LogP) is 4.23. The number of aromatic nitrogens is 2. The second-order valence-corrected chi connectivity index (χ2v) is 6.10. The van der Waals surface area contributed by atoms with Gasteiger partial charge in [0, 0.05) is 12.1 Å². The molecule has 1 heterocycles. The highest BCUT2D eigenvalue weighted by Crippen LogP contribution is 2.32. The molecule has 1 aromatic carbocycles. The molecule has 1 aromatic heterocycles. The Bertz CT molecular complexity index is 575. The lowest BCUT2D eigenvalue weighted by molar-refractivity contribution is 0.550. The first kappa shape index (κ1) is 15.5. The van der Waals surface area contributed by atoms with Crippen LogP contribution in [-0.4, -0.2) is 16.3 Å². The highest BCUT2D eigenvalue weighted by atomic mass is 79.9. The Labute approximate surface area is 133 Å². The van der Waals surface area contributed by atoms with Crippen LogP contribution in [0.15, 0.2) is 28.9 Å². The molecule has 0 aliphatic heterocycles. The van der Waals surface area contributed by atoms with E-state index in [0.29, 0.717) is 0 Å². The van der Waals surface area contributed by atoms with Crippen LogP contribution in [-0.2, 0) is 7.05 Å². The molecule has 108 valence electrons. The molecule has 3 nitrogen and oxygen atoms in total. The third-order valence-electron chi connectivity index (χ3n) is 3.43. The Kier molecular flexibility index (Phi) is 5.24. The van der Waals surface area contributed by atoms with Crippen LogP contribution < -0.4 is 5.32 Å². The molecule has 1 atom stereocenters. The van der Waals surface area contributed by atoms with Gasteiger partial charge in [-0.2, -0.15) is 5.10 Å². The topological polar surface area (TPSA) is 29.9 Å². The average molecular weight is 357 g/mol. The molecule has 0 saturated heterocycles. The molecule has 0 aliphatic carbocycles. The van der Waals surface area contributed by atoms with Crippen molar-refractivity contribution < 1.29 is 0 Å². The Balaban J connectivity index is 2.50. The van der Waals surface area contributed by atoms with Crippen molar-refractivity contribution in [1.29, 1.82) is 0 Å². The van der Waals surface area contributed by atoms with Crippen LogP contribution in [0, 0.1) is 6.92 Å². The lowest BCUT2D eigenvalue weighted by Gasteiger charge is -2.22. The van der Waals surface area contributed by atoms with Crippen molar-refractivity contribution in [3.63, 3.8) is 0 Å². The number of nitrogens with zero attached hydrogens (tertiary/aromatic N) is 2. The summed E-state index contributed by atoms with van der Waals surface area (Å²) < 4.78 is 2.91. The molecule has 0 aliphatic rings. The van der Waals surface area contributed by atoms with E-state index in [9.17, 15) is 0 Å². The van der Waals surface area contributed by atoms with E-state index >= 15 is 0 Å². The minimum Gasteiger partial charge on any atom is -0.305 e. The summed E-state index contributed by atoms with van der Waals surface area (Å²) in [7, 11) is 1.96. The monoisotopic (exact) mass is 355 g/mol. The number of benzene rings is 1. The Morgan fingerprint density at radius 1 is 1.45 bits per heavy atom. The lowest BCUT2D eigenvalue weighted by Crippen LogP contribution is -2.26. The predicted molar refractivity (Wildman–Crippen MR) is 87.2 cm³/mol. The molecule has 0 spiro atoms. The van der Waals surface area contributed by atoms with Crippen LogP contribution >= 0.6 is 27.5 Å². The molecule has 0 fully saturated rings. The van der Waals surface area contributed by atoms with Crippen LogP contribution in [0.2, 0.25) is 5.02 Å². The van der Waals surface area contributed by atoms with Gasteiger partial charge in [-0.05, 0) is 53.0 Å². The van der Waals surface area contributed by atoms with E-state index < -0.39 is 0 Å². The van der Waals surface area contributed by atoms with Gasteiger partial charge in [0.2, 0.25) is 0 Å². The number of halogens is 2. The summed E-state index contributed by atoms with van der Waals surface area (Å²) in [6.07, 6.45) is 2.90. The average Bonchev–Trinajstić information content (AvgIpc) is 2.75. The molecule has 1 N–H and O–H groups in total. The highest BCUT2D eigenvalue weighted by Gasteiger charge is 2.22. The molecule has 0 amide bonds. The standard InChI is InChI=1S/C15H19BrClN3/c1-4-8-18-14(15-12(16)9-19-20(15)3)11-6-5-7-13(17)10(11)2/h5-7,9,14,18H,4,8H2,1-3H3. The Hall–Kier alpha value is -0.840. The van der Waals surface area contributed by atoms with Gasteiger partial charge in [0.25, 0.3) is 0 Å². The summed E-state index contributed by atoms with van der Waals surface area (Å²) in [5, 5.41) is 8.70. The van der Waals surface area contributed by atoms with Gasteiger partial charge in [-0.3, -0.25) is 4.68 Å². The number of hydrogen-bond donors (Lipinski definition) is 1. The third-order valence-corrected chi connectivity index (χ3v) is 4.45. The number of hydrogen-bond acceptors (Lipinski definition) is 2. The van der Waals surface area contributed by atoms with Gasteiger partial charge in [-0.1, -0.05) is 30.7 Å². The fourth-order valence-electron chi connectivity index (χ4n) is 2.32. The summed E-state index contributed by atoms with van der Waals surface area (Å²) in [6.45, 7) is 5.16. The fraction of sp³-hybridized carbons (Fsp3) is 0.400. The maximum Gasteiger partial charge on any atom is 0.0762 e. The SMILES string of the molecule is CCCNC(c1cccc(Cl)c1C)c1c(Br)cnn1C. The fourth-order valence-corrected chi connectivity index (χ4v) is 3.08. The van der Waals surface area contributed by atoms with Gasteiger partial charge in [0.05, 0.1) is 22.4 Å². The number of rotatable bonds is 5. The van der Waals surface area contributed by atoms with Crippen LogP contribution in [0.25, 0.3) is 0 Å². The minimum absolute atomic E-state index is 0.0792. The highest BCUT2D eigenvalue weighted by molar-refractivity contribution is 9.10. The molecule has 2 aromatic rings. The van der Waals surface area contributed by atoms with E-state index in [1.807, 2.05) is 30.1 Å². The van der Waals surface area contributed by atoms with Crippen LogP contribution in [0.4, 0.5) is 0 Å². The summed E-state index contributed by atoms with van der Waals surface area (Å²) >= 11 is 9.86. The molecule has 2 rings (SSSR count). The molecular weight excluding hydrogens is 338 g/mol. The first-order chi connectivity index (χ1) is 9.56. The summed E-state index contributed by atoms with van der Waals surface area (Å²) in [6, 6.07) is 6.12. The number of aryl methyl sites for hydroxylation is 1. The van der Waals surface area contributed by atoms with E-state index in [1.54, 1.807) is 0 Å². The third kappa shape index (κ3) is 3.08. The van der Waals surface area contributed by atoms with Gasteiger partial charge in [-0.15, -0.1) is 0 Å². The minimum atomic E-state index is 0.0792. The smallest absolute Gasteiger partial charge is 0.0762 e. The maximum absolute atomic E-state index is 6.27. The van der Waals surface area contributed by atoms with Gasteiger partial charge in [-0.25, -0.2) is 0 Å². The quantitative estimate of drug-likeness (QED) is 0.868. The van der Waals surface area contributed by atoms with E-state index in [2.05, 4.69) is 46.3 Å². The molecule has 1 unspecified atom stereocenters. The molecule has 5 heteroatoms. The van der Waals surface area contributed by atoms with E-state index in [4.69, 9.17) is 11.6 Å². The molecule has 0 saturated carbocycles. The Morgan fingerprint density at radius 3 is 2.80 bits per heavy atom. The van der Waals surface area contributed by atoms with E-state index in [0.717, 1.165) is 33.7 Å². The van der Waals surface area contributed by atoms with Gasteiger partial charge in [0.1, 0.15) is 0 Å². The number of nitrogens with one attached hydrogen (secondary N) is 1. The van der Waals surface area contributed by atoms with Crippen molar-refractivity contribution >= 4 is 27.5 Å². The zero-order valence-corrected chi connectivity index (χ0v) is 14.3. The first-order valence-corrected chi connectivity index (χ1v) is 7.89. The van der Waals surface area contributed by atoms with Gasteiger partial charge >= 0.3 is 0 Å². The summed E-state index contributed by atoms with van der Waals surface area (Å²) in [5.74, 6) is 0. The van der Waals surface area contributed by atoms with E-state index in [1.165, 1.54) is 5.56 Å². The van der Waals surface area contributed by atoms with Crippen molar-refractivity contribution in [2.45, 2.75) is 26.3 Å². The molecular formula is C15H19BrClN3. The normalized spacial score (nSPS) is 12.7. The van der Waals surface area contributed by atoms with E-state index in [-0.39, 0.29) is 6.04 Å². The summed E-state index contributed by atoms with van der Waals surface area (Å²) in [5.41, 5.74) is 3.41. The van der Waals surface area contributed by atoms with Crippen LogP contribution in [0.1, 0.15) is 36.2 Å². The zero-order valence-electron chi connectivity index (χ0n) is 12.0. The zero-order chi connectivity index (χ0) is 14.7. The van der Waals surface area contributed by atoms with Crippen molar-refractivity contribution in [3.05, 3.63) is 50.7 Å². The van der Waals surface area contributed by atoms with Crippen molar-refractivity contribution in [1.82, 2.24) is 15.1 Å². The molecule has 0 radical (unpaired) electrons. The van der Waals surface area contributed by atoms with Crippen molar-refractivity contribution in [2.24, 2.45) is 7.05 Å². The van der Waals surface area contributed by atoms with Crippen molar-refractivity contribution in [2.75, 3.05) is 6.54 Å². The maximum atomic E-state index is 6.27. The Morgan fingerprint density at radius 2 is 2.20 bits per heavy atom. The largest absolute Gasteiger partial charge is 0.305 e. The van der Waals surface area contributed by atoms with Crippen LogP contribution in [0.5, 0.6) is 0 Å². The first-order valence-electron chi connectivity index (χ1n) is 6.72.